The van der Waals surface area contributed by atoms with E-state index in [1.165, 1.54) is 0 Å². The maximum Gasteiger partial charge on any atom is 0.259 e. The van der Waals surface area contributed by atoms with E-state index in [4.69, 9.17) is 11.6 Å². The number of benzene rings is 2. The summed E-state index contributed by atoms with van der Waals surface area (Å²) in [5, 5.41) is 10.2. The van der Waals surface area contributed by atoms with Gasteiger partial charge < -0.3 is 5.32 Å². The Labute approximate surface area is 166 Å². The van der Waals surface area contributed by atoms with E-state index in [0.717, 1.165) is 16.1 Å². The van der Waals surface area contributed by atoms with Crippen molar-refractivity contribution in [3.63, 3.8) is 0 Å². The van der Waals surface area contributed by atoms with Gasteiger partial charge in [-0.15, -0.1) is 11.3 Å². The van der Waals surface area contributed by atoms with E-state index in [1.54, 1.807) is 28.3 Å². The van der Waals surface area contributed by atoms with Crippen LogP contribution in [0.3, 0.4) is 0 Å². The minimum atomic E-state index is -0.222. The van der Waals surface area contributed by atoms with Crippen LogP contribution in [-0.2, 0) is 0 Å². The van der Waals surface area contributed by atoms with E-state index < -0.39 is 0 Å². The Hall–Kier alpha value is -2.89. The van der Waals surface area contributed by atoms with Gasteiger partial charge in [0.1, 0.15) is 5.69 Å². The van der Waals surface area contributed by atoms with Crippen LogP contribution >= 0.6 is 22.9 Å². The summed E-state index contributed by atoms with van der Waals surface area (Å²) < 4.78 is 1.73. The van der Waals surface area contributed by atoms with Gasteiger partial charge >= 0.3 is 0 Å². The molecule has 0 fully saturated rings. The Morgan fingerprint density at radius 3 is 2.63 bits per heavy atom. The molecule has 27 heavy (non-hydrogen) atoms. The van der Waals surface area contributed by atoms with Crippen molar-refractivity contribution >= 4 is 34.5 Å². The summed E-state index contributed by atoms with van der Waals surface area (Å²) in [5.41, 5.74) is 3.68. The van der Waals surface area contributed by atoms with E-state index in [1.807, 2.05) is 66.9 Å². The summed E-state index contributed by atoms with van der Waals surface area (Å²) in [6.07, 6.45) is 1.76. The minimum Gasteiger partial charge on any atom is -0.322 e. The molecule has 0 aliphatic carbocycles. The van der Waals surface area contributed by atoms with E-state index in [0.29, 0.717) is 22.0 Å². The summed E-state index contributed by atoms with van der Waals surface area (Å²) in [7, 11) is 0. The number of nitrogens with one attached hydrogen (secondary N) is 1. The number of nitrogens with zero attached hydrogens (tertiary/aromatic N) is 2. The Balaban J connectivity index is 1.73. The SMILES string of the molecule is Cc1ccc(NC(=O)c2cn(-c3ccccc3)nc2-c2cccs2)cc1Cl. The summed E-state index contributed by atoms with van der Waals surface area (Å²) in [6, 6.07) is 19.1. The lowest BCUT2D eigenvalue weighted by atomic mass is 10.2. The molecule has 2 heterocycles. The molecule has 4 nitrogen and oxygen atoms in total. The first-order valence-corrected chi connectivity index (χ1v) is 9.64. The van der Waals surface area contributed by atoms with Gasteiger partial charge in [-0.25, -0.2) is 4.68 Å². The Bertz CT molecular complexity index is 1090. The average molecular weight is 394 g/mol. The number of anilines is 1. The van der Waals surface area contributed by atoms with Gasteiger partial charge in [0, 0.05) is 16.9 Å². The van der Waals surface area contributed by atoms with E-state index >= 15 is 0 Å². The first-order valence-electron chi connectivity index (χ1n) is 8.38. The Morgan fingerprint density at radius 2 is 1.93 bits per heavy atom. The molecule has 0 aliphatic heterocycles. The average Bonchev–Trinajstić information content (AvgIpc) is 3.35. The van der Waals surface area contributed by atoms with Crippen molar-refractivity contribution in [2.75, 3.05) is 5.32 Å². The van der Waals surface area contributed by atoms with Crippen LogP contribution < -0.4 is 5.32 Å². The zero-order valence-corrected chi connectivity index (χ0v) is 16.1. The molecular formula is C21H16ClN3OS. The van der Waals surface area contributed by atoms with Crippen LogP contribution in [-0.4, -0.2) is 15.7 Å². The number of carbonyl (C=O) groups excluding carboxylic acids is 1. The number of amides is 1. The molecule has 6 heteroatoms. The maximum absolute atomic E-state index is 13.0. The fraction of sp³-hybridized carbons (Fsp3) is 0.0476. The highest BCUT2D eigenvalue weighted by Crippen LogP contribution is 2.29. The second-order valence-corrected chi connectivity index (χ2v) is 7.42. The second-order valence-electron chi connectivity index (χ2n) is 6.07. The van der Waals surface area contributed by atoms with Gasteiger partial charge in [0.05, 0.1) is 16.1 Å². The molecule has 0 unspecified atom stereocenters. The molecule has 4 rings (SSSR count). The van der Waals surface area contributed by atoms with Crippen molar-refractivity contribution in [2.45, 2.75) is 6.92 Å². The zero-order chi connectivity index (χ0) is 18.8. The summed E-state index contributed by atoms with van der Waals surface area (Å²) in [5.74, 6) is -0.222. The Kier molecular flexibility index (Phi) is 4.79. The number of hydrogen-bond acceptors (Lipinski definition) is 3. The lowest BCUT2D eigenvalue weighted by Crippen LogP contribution is -2.12. The number of rotatable bonds is 4. The van der Waals surface area contributed by atoms with Crippen LogP contribution in [0.1, 0.15) is 15.9 Å². The highest BCUT2D eigenvalue weighted by atomic mass is 35.5. The third kappa shape index (κ3) is 3.65. The molecule has 0 atom stereocenters. The van der Waals surface area contributed by atoms with Crippen molar-refractivity contribution in [1.82, 2.24) is 9.78 Å². The normalized spacial score (nSPS) is 10.7. The fourth-order valence-corrected chi connectivity index (χ4v) is 3.62. The number of thiophene rings is 1. The fourth-order valence-electron chi connectivity index (χ4n) is 2.72. The van der Waals surface area contributed by atoms with Crippen LogP contribution in [0, 0.1) is 6.92 Å². The molecular weight excluding hydrogens is 378 g/mol. The van der Waals surface area contributed by atoms with Gasteiger partial charge in [-0.3, -0.25) is 4.79 Å². The monoisotopic (exact) mass is 393 g/mol. The van der Waals surface area contributed by atoms with Crippen molar-refractivity contribution in [1.29, 1.82) is 0 Å². The molecule has 2 aromatic heterocycles. The Morgan fingerprint density at radius 1 is 1.11 bits per heavy atom. The van der Waals surface area contributed by atoms with Gasteiger partial charge in [0.25, 0.3) is 5.91 Å². The lowest BCUT2D eigenvalue weighted by Gasteiger charge is -2.06. The number of aromatic nitrogens is 2. The van der Waals surface area contributed by atoms with Gasteiger partial charge in [0.2, 0.25) is 0 Å². The lowest BCUT2D eigenvalue weighted by molar-refractivity contribution is 0.102. The molecule has 1 N–H and O–H groups in total. The first kappa shape index (κ1) is 17.5. The van der Waals surface area contributed by atoms with Gasteiger partial charge in [-0.05, 0) is 48.2 Å². The number of aryl methyl sites for hydroxylation is 1. The largest absolute Gasteiger partial charge is 0.322 e. The number of halogens is 1. The molecule has 0 radical (unpaired) electrons. The van der Waals surface area contributed by atoms with E-state index in [2.05, 4.69) is 10.4 Å². The summed E-state index contributed by atoms with van der Waals surface area (Å²) in [6.45, 7) is 1.92. The smallest absolute Gasteiger partial charge is 0.259 e. The highest BCUT2D eigenvalue weighted by Gasteiger charge is 2.19. The molecule has 0 aliphatic rings. The van der Waals surface area contributed by atoms with Crippen molar-refractivity contribution in [3.8, 4) is 16.3 Å². The standard InChI is InChI=1S/C21H16ClN3OS/c1-14-9-10-15(12-18(14)22)23-21(26)17-13-25(16-6-3-2-4-7-16)24-20(17)19-8-5-11-27-19/h2-13H,1H3,(H,23,26). The third-order valence-electron chi connectivity index (χ3n) is 4.16. The van der Waals surface area contributed by atoms with Crippen molar-refractivity contribution in [2.24, 2.45) is 0 Å². The van der Waals surface area contributed by atoms with Crippen LogP contribution in [0.25, 0.3) is 16.3 Å². The molecule has 0 spiro atoms. The summed E-state index contributed by atoms with van der Waals surface area (Å²) in [4.78, 5) is 13.9. The molecule has 2 aromatic carbocycles. The molecule has 0 bridgehead atoms. The molecule has 0 saturated carbocycles. The highest BCUT2D eigenvalue weighted by molar-refractivity contribution is 7.13. The second kappa shape index (κ2) is 7.39. The number of para-hydroxylation sites is 1. The van der Waals surface area contributed by atoms with Gasteiger partial charge in [-0.2, -0.15) is 5.10 Å². The van der Waals surface area contributed by atoms with Crippen LogP contribution in [0.4, 0.5) is 5.69 Å². The minimum absolute atomic E-state index is 0.222. The maximum atomic E-state index is 13.0. The zero-order valence-electron chi connectivity index (χ0n) is 14.5. The van der Waals surface area contributed by atoms with Crippen LogP contribution in [0.15, 0.2) is 72.2 Å². The molecule has 0 saturated heterocycles. The predicted molar refractivity (Wildman–Crippen MR) is 111 cm³/mol. The van der Waals surface area contributed by atoms with Gasteiger partial charge in [-0.1, -0.05) is 41.9 Å². The quantitative estimate of drug-likeness (QED) is 0.475. The van der Waals surface area contributed by atoms with E-state index in [9.17, 15) is 4.79 Å². The first-order chi connectivity index (χ1) is 13.1. The molecule has 1 amide bonds. The van der Waals surface area contributed by atoms with Crippen molar-refractivity contribution in [3.05, 3.63) is 88.4 Å². The molecule has 4 aromatic rings. The number of hydrogen-bond donors (Lipinski definition) is 1. The third-order valence-corrected chi connectivity index (χ3v) is 5.45. The topological polar surface area (TPSA) is 46.9 Å². The van der Waals surface area contributed by atoms with Crippen molar-refractivity contribution < 1.29 is 4.79 Å². The predicted octanol–water partition coefficient (Wildman–Crippen LogP) is 5.81. The van der Waals surface area contributed by atoms with Crippen LogP contribution in [0.5, 0.6) is 0 Å². The van der Waals surface area contributed by atoms with E-state index in [-0.39, 0.29) is 5.91 Å². The van der Waals surface area contributed by atoms with Crippen LogP contribution in [0.2, 0.25) is 5.02 Å². The summed E-state index contributed by atoms with van der Waals surface area (Å²) >= 11 is 7.72. The van der Waals surface area contributed by atoms with Gasteiger partial charge in [0.15, 0.2) is 0 Å². The number of carbonyl (C=O) groups is 1. The molecule has 134 valence electrons.